The van der Waals surface area contributed by atoms with Crippen molar-refractivity contribution in [2.75, 3.05) is 72.9 Å². The molecule has 5 rings (SSSR count). The van der Waals surface area contributed by atoms with Crippen molar-refractivity contribution in [1.82, 2.24) is 14.8 Å². The second-order valence-corrected chi connectivity index (χ2v) is 14.4. The average molecular weight is 578 g/mol. The Hall–Kier alpha value is -3.17. The van der Waals surface area contributed by atoms with Crippen molar-refractivity contribution in [3.8, 4) is 0 Å². The van der Waals surface area contributed by atoms with Crippen LogP contribution in [0.3, 0.4) is 0 Å². The number of carbonyl (C=O) groups excluding carboxylic acids is 2. The summed E-state index contributed by atoms with van der Waals surface area (Å²) in [7, 11) is -6.00. The molecule has 0 aliphatic carbocycles. The summed E-state index contributed by atoms with van der Waals surface area (Å²) >= 11 is 0. The summed E-state index contributed by atoms with van der Waals surface area (Å²) in [4.78, 5) is 33.4. The van der Waals surface area contributed by atoms with E-state index in [0.717, 1.165) is 10.8 Å². The summed E-state index contributed by atoms with van der Waals surface area (Å²) in [5.41, 5.74) is 2.54. The predicted molar refractivity (Wildman–Crippen MR) is 150 cm³/mol. The molecule has 3 heterocycles. The third-order valence-corrected chi connectivity index (χ3v) is 10.0. The van der Waals surface area contributed by atoms with E-state index in [0.29, 0.717) is 48.6 Å². The molecular formula is C25H31N5O7S2. The van der Waals surface area contributed by atoms with Crippen molar-refractivity contribution >= 4 is 64.7 Å². The molecular weight excluding hydrogens is 546 g/mol. The number of nitrogens with one attached hydrogen (secondary N) is 2. The van der Waals surface area contributed by atoms with E-state index in [9.17, 15) is 26.4 Å². The van der Waals surface area contributed by atoms with Crippen molar-refractivity contribution < 1.29 is 31.9 Å². The lowest BCUT2D eigenvalue weighted by molar-refractivity contribution is -0.118. The number of pyridine rings is 1. The van der Waals surface area contributed by atoms with E-state index in [1.165, 1.54) is 0 Å². The van der Waals surface area contributed by atoms with Crippen LogP contribution in [0.5, 0.6) is 0 Å². The first-order valence-corrected chi connectivity index (χ1v) is 16.0. The van der Waals surface area contributed by atoms with Gasteiger partial charge in [0.25, 0.3) is 0 Å². The lowest BCUT2D eigenvalue weighted by Crippen LogP contribution is -2.43. The highest BCUT2D eigenvalue weighted by Crippen LogP contribution is 2.25. The van der Waals surface area contributed by atoms with Crippen molar-refractivity contribution in [2.24, 2.45) is 0 Å². The molecule has 3 aromatic rings. The predicted octanol–water partition coefficient (Wildman–Crippen LogP) is -0.0989. The third-order valence-electron chi connectivity index (χ3n) is 6.79. The first-order valence-electron chi connectivity index (χ1n) is 12.3. The van der Waals surface area contributed by atoms with Gasteiger partial charge in [0.15, 0.2) is 19.7 Å². The minimum absolute atomic E-state index is 0. The Kier molecular flexibility index (Phi) is 8.51. The standard InChI is InChI=1S/C25H29N5O6S2.H2O/c31-24(16-29-5-9-37(33,34)10-6-29)26-20-3-1-18-13-19-2-4-21(15-23(19)28-22(18)14-20)27-25(32)17-30-7-11-38(35,36)12-8-30;/h1-4,13-15H,5-12,16-17H2,(H,26,31)(H,27,32);1H2. The maximum atomic E-state index is 12.5. The van der Waals surface area contributed by atoms with Gasteiger partial charge >= 0.3 is 0 Å². The van der Waals surface area contributed by atoms with Crippen molar-refractivity contribution in [1.29, 1.82) is 0 Å². The Morgan fingerprint density at radius 2 is 1.05 bits per heavy atom. The molecule has 2 aromatic carbocycles. The molecule has 2 fully saturated rings. The van der Waals surface area contributed by atoms with Gasteiger partial charge in [0.05, 0.1) is 47.1 Å². The number of aromatic nitrogens is 1. The molecule has 0 bridgehead atoms. The number of benzene rings is 2. The molecule has 39 heavy (non-hydrogen) atoms. The fraction of sp³-hybridized carbons (Fsp3) is 0.400. The Bertz CT molecular complexity index is 1480. The van der Waals surface area contributed by atoms with Gasteiger partial charge in [0.2, 0.25) is 11.8 Å². The first kappa shape index (κ1) is 28.8. The largest absolute Gasteiger partial charge is 0.412 e. The number of rotatable bonds is 6. The summed E-state index contributed by atoms with van der Waals surface area (Å²) in [6.07, 6.45) is 0. The van der Waals surface area contributed by atoms with Gasteiger partial charge in [0, 0.05) is 48.3 Å². The topological polar surface area (TPSA) is 177 Å². The van der Waals surface area contributed by atoms with Crippen LogP contribution in [0.4, 0.5) is 11.4 Å². The normalized spacial score (nSPS) is 19.3. The van der Waals surface area contributed by atoms with E-state index >= 15 is 0 Å². The Morgan fingerprint density at radius 1 is 0.667 bits per heavy atom. The summed E-state index contributed by atoms with van der Waals surface area (Å²) < 4.78 is 46.4. The first-order chi connectivity index (χ1) is 18.0. The number of carbonyl (C=O) groups is 2. The van der Waals surface area contributed by atoms with Crippen molar-refractivity contribution in [3.05, 3.63) is 42.5 Å². The second kappa shape index (κ2) is 11.5. The van der Waals surface area contributed by atoms with Gasteiger partial charge in [-0.25, -0.2) is 21.8 Å². The molecule has 0 atom stereocenters. The molecule has 12 nitrogen and oxygen atoms in total. The lowest BCUT2D eigenvalue weighted by atomic mass is 10.1. The molecule has 2 saturated heterocycles. The number of amides is 2. The minimum atomic E-state index is -3.00. The molecule has 2 aliphatic rings. The highest BCUT2D eigenvalue weighted by molar-refractivity contribution is 7.91. The van der Waals surface area contributed by atoms with Crippen LogP contribution in [0.15, 0.2) is 42.5 Å². The quantitative estimate of drug-likeness (QED) is 0.379. The minimum Gasteiger partial charge on any atom is -0.412 e. The maximum absolute atomic E-state index is 12.5. The van der Waals surface area contributed by atoms with Crippen LogP contribution in [0.2, 0.25) is 0 Å². The Balaban J connectivity index is 0.00000353. The number of fused-ring (bicyclic) bond motifs is 2. The SMILES string of the molecule is O.O=C(CN1CCS(=O)(=O)CC1)Nc1ccc2cc3ccc(NC(=O)CN4CCS(=O)(=O)CC4)cc3nc2c1. The number of anilines is 2. The van der Waals surface area contributed by atoms with Crippen molar-refractivity contribution in [2.45, 2.75) is 0 Å². The molecule has 210 valence electrons. The molecule has 0 spiro atoms. The molecule has 14 heteroatoms. The number of nitrogens with zero attached hydrogens (tertiary/aromatic N) is 3. The van der Waals surface area contributed by atoms with E-state index in [-0.39, 0.29) is 53.4 Å². The van der Waals surface area contributed by atoms with E-state index in [2.05, 4.69) is 10.6 Å². The summed E-state index contributed by atoms with van der Waals surface area (Å²) in [5, 5.41) is 7.52. The molecule has 2 amide bonds. The van der Waals surface area contributed by atoms with Crippen LogP contribution >= 0.6 is 0 Å². The van der Waals surface area contributed by atoms with Gasteiger partial charge in [-0.05, 0) is 30.3 Å². The summed E-state index contributed by atoms with van der Waals surface area (Å²) in [5.74, 6) is -0.172. The van der Waals surface area contributed by atoms with Crippen LogP contribution in [0.25, 0.3) is 21.8 Å². The number of hydrogen-bond acceptors (Lipinski definition) is 9. The molecule has 4 N–H and O–H groups in total. The van der Waals surface area contributed by atoms with Gasteiger partial charge in [0.1, 0.15) is 0 Å². The smallest absolute Gasteiger partial charge is 0.238 e. The zero-order valence-electron chi connectivity index (χ0n) is 21.2. The van der Waals surface area contributed by atoms with E-state index in [1.807, 2.05) is 28.0 Å². The zero-order valence-corrected chi connectivity index (χ0v) is 22.9. The van der Waals surface area contributed by atoms with Crippen LogP contribution in [0, 0.1) is 0 Å². The van der Waals surface area contributed by atoms with Crippen LogP contribution in [-0.2, 0) is 29.3 Å². The fourth-order valence-electron chi connectivity index (χ4n) is 4.60. The second-order valence-electron chi connectivity index (χ2n) is 9.76. The lowest BCUT2D eigenvalue weighted by Gasteiger charge is -2.25. The molecule has 0 saturated carbocycles. The van der Waals surface area contributed by atoms with Crippen LogP contribution in [0.1, 0.15) is 0 Å². The maximum Gasteiger partial charge on any atom is 0.238 e. The molecule has 2 aliphatic heterocycles. The van der Waals surface area contributed by atoms with E-state index < -0.39 is 19.7 Å². The average Bonchev–Trinajstić information content (AvgIpc) is 2.85. The van der Waals surface area contributed by atoms with Gasteiger partial charge in [-0.3, -0.25) is 19.4 Å². The fourth-order valence-corrected chi connectivity index (χ4v) is 7.16. The molecule has 0 unspecified atom stereocenters. The van der Waals surface area contributed by atoms with Gasteiger partial charge in [-0.2, -0.15) is 0 Å². The van der Waals surface area contributed by atoms with E-state index in [1.54, 1.807) is 24.3 Å². The van der Waals surface area contributed by atoms with Gasteiger partial charge in [-0.15, -0.1) is 0 Å². The number of sulfone groups is 2. The summed E-state index contributed by atoms with van der Waals surface area (Å²) in [6.45, 7) is 1.63. The van der Waals surface area contributed by atoms with E-state index in [4.69, 9.17) is 4.98 Å². The Morgan fingerprint density at radius 3 is 1.44 bits per heavy atom. The molecule has 1 aromatic heterocycles. The summed E-state index contributed by atoms with van der Waals surface area (Å²) in [6, 6.07) is 12.9. The zero-order chi connectivity index (χ0) is 26.9. The molecule has 0 radical (unpaired) electrons. The third kappa shape index (κ3) is 7.48. The monoisotopic (exact) mass is 577 g/mol. The van der Waals surface area contributed by atoms with Crippen LogP contribution in [-0.4, -0.2) is 111 Å². The van der Waals surface area contributed by atoms with Crippen molar-refractivity contribution in [3.63, 3.8) is 0 Å². The van der Waals surface area contributed by atoms with Gasteiger partial charge < -0.3 is 16.1 Å². The van der Waals surface area contributed by atoms with Gasteiger partial charge in [-0.1, -0.05) is 12.1 Å². The highest BCUT2D eigenvalue weighted by atomic mass is 32.2. The van der Waals surface area contributed by atoms with Crippen LogP contribution < -0.4 is 10.6 Å². The number of hydrogen-bond donors (Lipinski definition) is 2. The highest BCUT2D eigenvalue weighted by Gasteiger charge is 2.24. The Labute approximate surface area is 226 Å².